The largest absolute Gasteiger partial charge is 0.494 e. The van der Waals surface area contributed by atoms with Crippen molar-refractivity contribution < 1.29 is 9.13 Å². The number of aromatic nitrogens is 1. The molecule has 2 nitrogen and oxygen atoms in total. The highest BCUT2D eigenvalue weighted by atomic mass is 79.9. The van der Waals surface area contributed by atoms with Crippen molar-refractivity contribution in [2.45, 2.75) is 0 Å². The molecule has 14 heavy (non-hydrogen) atoms. The van der Waals surface area contributed by atoms with E-state index in [1.165, 1.54) is 13.2 Å². The number of hydrogen-bond acceptors (Lipinski definition) is 2. The predicted molar refractivity (Wildman–Crippen MR) is 56.0 cm³/mol. The Kier molecular flexibility index (Phi) is 2.37. The summed E-state index contributed by atoms with van der Waals surface area (Å²) in [5.74, 6) is -0.160. The summed E-state index contributed by atoms with van der Waals surface area (Å²) in [6.07, 6.45) is 1.67. The molecule has 72 valence electrons. The van der Waals surface area contributed by atoms with E-state index in [4.69, 9.17) is 4.74 Å². The van der Waals surface area contributed by atoms with Crippen molar-refractivity contribution in [1.82, 2.24) is 4.98 Å². The molecule has 0 radical (unpaired) electrons. The van der Waals surface area contributed by atoms with Crippen molar-refractivity contribution in [3.8, 4) is 5.75 Å². The van der Waals surface area contributed by atoms with Crippen LogP contribution < -0.4 is 4.74 Å². The third-order valence-electron chi connectivity index (χ3n) is 1.92. The lowest BCUT2D eigenvalue weighted by Crippen LogP contribution is -1.89. The van der Waals surface area contributed by atoms with Gasteiger partial charge in [-0.1, -0.05) is 0 Å². The quantitative estimate of drug-likeness (QED) is 0.781. The van der Waals surface area contributed by atoms with Gasteiger partial charge in [-0.15, -0.1) is 0 Å². The molecule has 0 amide bonds. The molecule has 1 heterocycles. The van der Waals surface area contributed by atoms with Crippen LogP contribution in [0, 0.1) is 5.82 Å². The zero-order valence-electron chi connectivity index (χ0n) is 7.42. The van der Waals surface area contributed by atoms with E-state index in [-0.39, 0.29) is 11.6 Å². The smallest absolute Gasteiger partial charge is 0.165 e. The van der Waals surface area contributed by atoms with Gasteiger partial charge >= 0.3 is 0 Å². The number of ether oxygens (including phenoxy) is 1. The molecular weight excluding hydrogens is 249 g/mol. The Morgan fingerprint density at radius 3 is 2.86 bits per heavy atom. The second-order valence-corrected chi connectivity index (χ2v) is 3.75. The van der Waals surface area contributed by atoms with Crippen LogP contribution in [0.2, 0.25) is 0 Å². The van der Waals surface area contributed by atoms with Gasteiger partial charge in [-0.2, -0.15) is 0 Å². The van der Waals surface area contributed by atoms with Crippen molar-refractivity contribution in [2.24, 2.45) is 0 Å². The highest BCUT2D eigenvalue weighted by molar-refractivity contribution is 9.10. The fraction of sp³-hybridized carbons (Fsp3) is 0.100. The summed E-state index contributed by atoms with van der Waals surface area (Å²) in [5, 5.41) is 0.748. The van der Waals surface area contributed by atoms with Crippen molar-refractivity contribution in [3.63, 3.8) is 0 Å². The molecule has 0 atom stereocenters. The molecule has 0 unspecified atom stereocenters. The third-order valence-corrected chi connectivity index (χ3v) is 2.36. The average molecular weight is 256 g/mol. The van der Waals surface area contributed by atoms with Gasteiger partial charge in [-0.05, 0) is 28.1 Å². The van der Waals surface area contributed by atoms with E-state index in [0.717, 1.165) is 9.86 Å². The predicted octanol–water partition coefficient (Wildman–Crippen LogP) is 3.15. The summed E-state index contributed by atoms with van der Waals surface area (Å²) in [5.41, 5.74) is 0.714. The molecule has 0 saturated heterocycles. The van der Waals surface area contributed by atoms with Gasteiger partial charge in [0, 0.05) is 22.1 Å². The van der Waals surface area contributed by atoms with Crippen molar-refractivity contribution in [2.75, 3.05) is 7.11 Å². The molecule has 2 rings (SSSR count). The van der Waals surface area contributed by atoms with Crippen molar-refractivity contribution >= 4 is 26.8 Å². The van der Waals surface area contributed by atoms with Crippen LogP contribution in [0.4, 0.5) is 4.39 Å². The molecule has 0 N–H and O–H groups in total. The summed E-state index contributed by atoms with van der Waals surface area (Å²) in [4.78, 5) is 4.14. The molecule has 0 fully saturated rings. The van der Waals surface area contributed by atoms with Gasteiger partial charge in [-0.25, -0.2) is 4.39 Å². The van der Waals surface area contributed by atoms with Crippen LogP contribution >= 0.6 is 15.9 Å². The lowest BCUT2D eigenvalue weighted by molar-refractivity contribution is 0.387. The molecule has 0 aliphatic heterocycles. The van der Waals surface area contributed by atoms with E-state index < -0.39 is 0 Å². The Morgan fingerprint density at radius 2 is 2.14 bits per heavy atom. The van der Waals surface area contributed by atoms with Crippen LogP contribution in [-0.2, 0) is 0 Å². The zero-order chi connectivity index (χ0) is 10.1. The maximum atomic E-state index is 13.3. The summed E-state index contributed by atoms with van der Waals surface area (Å²) in [6.45, 7) is 0. The minimum Gasteiger partial charge on any atom is -0.494 e. The number of pyridine rings is 1. The Hall–Kier alpha value is -1.16. The van der Waals surface area contributed by atoms with E-state index in [0.29, 0.717) is 5.52 Å². The highest BCUT2D eigenvalue weighted by Gasteiger charge is 2.05. The Bertz CT molecular complexity index is 487. The average Bonchev–Trinajstić information content (AvgIpc) is 2.16. The molecule has 0 aliphatic carbocycles. The van der Waals surface area contributed by atoms with E-state index in [9.17, 15) is 4.39 Å². The van der Waals surface area contributed by atoms with E-state index >= 15 is 0 Å². The van der Waals surface area contributed by atoms with Gasteiger partial charge < -0.3 is 4.74 Å². The molecule has 0 bridgehead atoms. The van der Waals surface area contributed by atoms with Gasteiger partial charge in [0.25, 0.3) is 0 Å². The first-order valence-corrected chi connectivity index (χ1v) is 4.79. The highest BCUT2D eigenvalue weighted by Crippen LogP contribution is 2.24. The van der Waals surface area contributed by atoms with Crippen LogP contribution in [0.5, 0.6) is 5.75 Å². The summed E-state index contributed by atoms with van der Waals surface area (Å²) in [7, 11) is 1.43. The first-order valence-electron chi connectivity index (χ1n) is 3.99. The summed E-state index contributed by atoms with van der Waals surface area (Å²) in [6, 6.07) is 4.80. The number of benzene rings is 1. The molecule has 4 heteroatoms. The second kappa shape index (κ2) is 3.53. The maximum absolute atomic E-state index is 13.3. The Labute approximate surface area is 88.8 Å². The Morgan fingerprint density at radius 1 is 1.36 bits per heavy atom. The van der Waals surface area contributed by atoms with E-state index in [2.05, 4.69) is 20.9 Å². The number of rotatable bonds is 1. The van der Waals surface area contributed by atoms with Crippen LogP contribution in [-0.4, -0.2) is 12.1 Å². The van der Waals surface area contributed by atoms with Gasteiger partial charge in [0.15, 0.2) is 11.6 Å². The minimum absolute atomic E-state index is 0.215. The van der Waals surface area contributed by atoms with Crippen molar-refractivity contribution in [3.05, 3.63) is 34.7 Å². The number of fused-ring (bicyclic) bond motifs is 1. The summed E-state index contributed by atoms with van der Waals surface area (Å²) < 4.78 is 19.0. The van der Waals surface area contributed by atoms with Gasteiger partial charge in [-0.3, -0.25) is 4.98 Å². The standard InChI is InChI=1S/C10H7BrFNO/c1-14-10-4-9-6(3-8(10)12)2-7(11)5-13-9/h2-5H,1H3. The number of nitrogens with zero attached hydrogens (tertiary/aromatic N) is 1. The minimum atomic E-state index is -0.375. The topological polar surface area (TPSA) is 22.1 Å². The summed E-state index contributed by atoms with van der Waals surface area (Å²) >= 11 is 3.28. The van der Waals surface area contributed by atoms with Gasteiger partial charge in [0.2, 0.25) is 0 Å². The van der Waals surface area contributed by atoms with E-state index in [1.54, 1.807) is 12.3 Å². The molecule has 0 saturated carbocycles. The second-order valence-electron chi connectivity index (χ2n) is 2.83. The zero-order valence-corrected chi connectivity index (χ0v) is 9.01. The number of hydrogen-bond donors (Lipinski definition) is 0. The monoisotopic (exact) mass is 255 g/mol. The first kappa shape index (κ1) is 9.40. The number of halogens is 2. The van der Waals surface area contributed by atoms with Crippen LogP contribution in [0.1, 0.15) is 0 Å². The molecule has 2 aromatic rings. The maximum Gasteiger partial charge on any atom is 0.165 e. The van der Waals surface area contributed by atoms with Crippen LogP contribution in [0.25, 0.3) is 10.9 Å². The van der Waals surface area contributed by atoms with Crippen molar-refractivity contribution in [1.29, 1.82) is 0 Å². The molecule has 1 aromatic heterocycles. The number of methoxy groups -OCH3 is 1. The first-order chi connectivity index (χ1) is 6.70. The van der Waals surface area contributed by atoms with E-state index in [1.807, 2.05) is 6.07 Å². The fourth-order valence-electron chi connectivity index (χ4n) is 1.26. The third kappa shape index (κ3) is 1.57. The van der Waals surface area contributed by atoms with Gasteiger partial charge in [0.05, 0.1) is 12.6 Å². The van der Waals surface area contributed by atoms with Crippen LogP contribution in [0.3, 0.4) is 0 Å². The normalized spacial score (nSPS) is 10.5. The molecule has 0 spiro atoms. The molecule has 1 aromatic carbocycles. The lowest BCUT2D eigenvalue weighted by atomic mass is 10.2. The van der Waals surface area contributed by atoms with Gasteiger partial charge in [0.1, 0.15) is 0 Å². The SMILES string of the molecule is COc1cc2ncc(Br)cc2cc1F. The fourth-order valence-corrected chi connectivity index (χ4v) is 1.61. The molecular formula is C10H7BrFNO. The molecule has 0 aliphatic rings. The Balaban J connectivity index is 2.73. The lowest BCUT2D eigenvalue weighted by Gasteiger charge is -2.03. The van der Waals surface area contributed by atoms with Crippen LogP contribution in [0.15, 0.2) is 28.9 Å².